The smallest absolute Gasteiger partial charge is 0.123 e. The van der Waals surface area contributed by atoms with Gasteiger partial charge in [-0.15, -0.1) is 0 Å². The van der Waals surface area contributed by atoms with Crippen molar-refractivity contribution >= 4 is 22.2 Å². The third-order valence-electron chi connectivity index (χ3n) is 2.11. The van der Waals surface area contributed by atoms with Crippen LogP contribution in [0.15, 0.2) is 22.7 Å². The van der Waals surface area contributed by atoms with E-state index in [4.69, 9.17) is 0 Å². The lowest BCUT2D eigenvalue weighted by Gasteiger charge is -2.06. The first-order valence-electron chi connectivity index (χ1n) is 4.52. The number of rotatable bonds is 4. The summed E-state index contributed by atoms with van der Waals surface area (Å²) in [5.41, 5.74) is 0.915. The Morgan fingerprint density at radius 2 is 2.29 bits per heavy atom. The Kier molecular flexibility index (Phi) is 4.26. The molecule has 0 aliphatic carbocycles. The third kappa shape index (κ3) is 3.22. The van der Waals surface area contributed by atoms with Crippen molar-refractivity contribution in [3.8, 4) is 0 Å². The maximum atomic E-state index is 12.9. The molecule has 0 unspecified atom stereocenters. The SMILES string of the molecule is C[C@@H](C=O)CCc1cc(F)ccc1Br. The first-order chi connectivity index (χ1) is 6.63. The summed E-state index contributed by atoms with van der Waals surface area (Å²) in [4.78, 5) is 10.4. The molecule has 14 heavy (non-hydrogen) atoms. The molecule has 0 bridgehead atoms. The van der Waals surface area contributed by atoms with Crippen molar-refractivity contribution in [3.63, 3.8) is 0 Å². The fourth-order valence-electron chi connectivity index (χ4n) is 1.19. The lowest BCUT2D eigenvalue weighted by Crippen LogP contribution is -1.99. The lowest BCUT2D eigenvalue weighted by atomic mass is 10.0. The molecule has 1 aromatic carbocycles. The number of hydrogen-bond donors (Lipinski definition) is 0. The van der Waals surface area contributed by atoms with Crippen molar-refractivity contribution in [2.45, 2.75) is 19.8 Å². The van der Waals surface area contributed by atoms with Gasteiger partial charge in [-0.1, -0.05) is 22.9 Å². The molecule has 1 atom stereocenters. The Morgan fingerprint density at radius 3 is 2.93 bits per heavy atom. The molecule has 0 heterocycles. The van der Waals surface area contributed by atoms with Crippen LogP contribution in [0.5, 0.6) is 0 Å². The quantitative estimate of drug-likeness (QED) is 0.758. The van der Waals surface area contributed by atoms with Gasteiger partial charge in [0, 0.05) is 10.4 Å². The number of halogens is 2. The van der Waals surface area contributed by atoms with Gasteiger partial charge in [-0.25, -0.2) is 4.39 Å². The zero-order chi connectivity index (χ0) is 10.6. The summed E-state index contributed by atoms with van der Waals surface area (Å²) in [6.07, 6.45) is 2.40. The van der Waals surface area contributed by atoms with Crippen LogP contribution in [0.25, 0.3) is 0 Å². The van der Waals surface area contributed by atoms with Gasteiger partial charge >= 0.3 is 0 Å². The Bertz CT molecular complexity index is 325. The molecule has 1 nitrogen and oxygen atoms in total. The maximum absolute atomic E-state index is 12.9. The summed E-state index contributed by atoms with van der Waals surface area (Å²) >= 11 is 3.35. The molecule has 0 radical (unpaired) electrons. The van der Waals surface area contributed by atoms with E-state index >= 15 is 0 Å². The van der Waals surface area contributed by atoms with Gasteiger partial charge in [0.05, 0.1) is 0 Å². The van der Waals surface area contributed by atoms with Crippen LogP contribution >= 0.6 is 15.9 Å². The summed E-state index contributed by atoms with van der Waals surface area (Å²) in [6, 6.07) is 4.61. The minimum atomic E-state index is -0.234. The second-order valence-electron chi connectivity index (χ2n) is 3.39. The van der Waals surface area contributed by atoms with Crippen LogP contribution in [0.4, 0.5) is 4.39 Å². The zero-order valence-electron chi connectivity index (χ0n) is 7.97. The summed E-state index contributed by atoms with van der Waals surface area (Å²) in [5, 5.41) is 0. The van der Waals surface area contributed by atoms with Crippen LogP contribution in [-0.2, 0) is 11.2 Å². The average molecular weight is 259 g/mol. The zero-order valence-corrected chi connectivity index (χ0v) is 9.55. The molecule has 76 valence electrons. The van der Waals surface area contributed by atoms with E-state index in [0.29, 0.717) is 0 Å². The lowest BCUT2D eigenvalue weighted by molar-refractivity contribution is -0.110. The van der Waals surface area contributed by atoms with E-state index in [0.717, 1.165) is 29.2 Å². The molecule has 0 fully saturated rings. The Morgan fingerprint density at radius 1 is 1.57 bits per heavy atom. The second kappa shape index (κ2) is 5.25. The van der Waals surface area contributed by atoms with Crippen molar-refractivity contribution in [1.29, 1.82) is 0 Å². The van der Waals surface area contributed by atoms with Gasteiger partial charge in [0.15, 0.2) is 0 Å². The minimum Gasteiger partial charge on any atom is -0.303 e. The van der Waals surface area contributed by atoms with Gasteiger partial charge in [-0.05, 0) is 36.6 Å². The predicted molar refractivity (Wildman–Crippen MR) is 57.6 cm³/mol. The highest BCUT2D eigenvalue weighted by atomic mass is 79.9. The summed E-state index contributed by atoms with van der Waals surface area (Å²) < 4.78 is 13.8. The first-order valence-corrected chi connectivity index (χ1v) is 5.32. The van der Waals surface area contributed by atoms with Gasteiger partial charge in [0.25, 0.3) is 0 Å². The number of benzene rings is 1. The van der Waals surface area contributed by atoms with Gasteiger partial charge < -0.3 is 4.79 Å². The standard InChI is InChI=1S/C11H12BrFO/c1-8(7-14)2-3-9-6-10(13)4-5-11(9)12/h4-8H,2-3H2,1H3/t8-/m1/s1. The van der Waals surface area contributed by atoms with Crippen LogP contribution in [0.3, 0.4) is 0 Å². The monoisotopic (exact) mass is 258 g/mol. The van der Waals surface area contributed by atoms with E-state index in [9.17, 15) is 9.18 Å². The number of carbonyl (C=O) groups excluding carboxylic acids is 1. The molecule has 0 aliphatic rings. The van der Waals surface area contributed by atoms with E-state index in [1.165, 1.54) is 12.1 Å². The maximum Gasteiger partial charge on any atom is 0.123 e. The van der Waals surface area contributed by atoms with E-state index in [2.05, 4.69) is 15.9 Å². The van der Waals surface area contributed by atoms with Crippen molar-refractivity contribution < 1.29 is 9.18 Å². The molecule has 3 heteroatoms. The van der Waals surface area contributed by atoms with E-state index in [1.807, 2.05) is 6.92 Å². The van der Waals surface area contributed by atoms with Crippen LogP contribution in [-0.4, -0.2) is 6.29 Å². The molecule has 0 amide bonds. The minimum absolute atomic E-state index is 0.0326. The number of aldehydes is 1. The van der Waals surface area contributed by atoms with Crippen molar-refractivity contribution in [2.75, 3.05) is 0 Å². The third-order valence-corrected chi connectivity index (χ3v) is 2.88. The molecule has 0 saturated heterocycles. The predicted octanol–water partition coefficient (Wildman–Crippen LogP) is 3.36. The topological polar surface area (TPSA) is 17.1 Å². The molecule has 0 spiro atoms. The fraction of sp³-hybridized carbons (Fsp3) is 0.364. The van der Waals surface area contributed by atoms with E-state index in [1.54, 1.807) is 6.07 Å². The van der Waals surface area contributed by atoms with Crippen LogP contribution < -0.4 is 0 Å². The second-order valence-corrected chi connectivity index (χ2v) is 4.24. The Hall–Kier alpha value is -0.700. The Labute approximate surface area is 91.5 Å². The molecule has 0 aliphatic heterocycles. The Balaban J connectivity index is 2.66. The highest BCUT2D eigenvalue weighted by molar-refractivity contribution is 9.10. The molecular weight excluding hydrogens is 247 g/mol. The van der Waals surface area contributed by atoms with Crippen LogP contribution in [0.2, 0.25) is 0 Å². The number of hydrogen-bond acceptors (Lipinski definition) is 1. The number of aryl methyl sites for hydroxylation is 1. The van der Waals surface area contributed by atoms with Gasteiger partial charge in [-0.2, -0.15) is 0 Å². The van der Waals surface area contributed by atoms with E-state index < -0.39 is 0 Å². The van der Waals surface area contributed by atoms with Crippen molar-refractivity contribution in [1.82, 2.24) is 0 Å². The fourth-order valence-corrected chi connectivity index (χ4v) is 1.63. The molecular formula is C11H12BrFO. The van der Waals surface area contributed by atoms with E-state index in [-0.39, 0.29) is 11.7 Å². The van der Waals surface area contributed by atoms with Crippen molar-refractivity contribution in [3.05, 3.63) is 34.1 Å². The molecule has 0 saturated carbocycles. The van der Waals surface area contributed by atoms with Crippen LogP contribution in [0.1, 0.15) is 18.9 Å². The normalized spacial score (nSPS) is 12.5. The summed E-state index contributed by atoms with van der Waals surface area (Å²) in [6.45, 7) is 1.86. The van der Waals surface area contributed by atoms with Gasteiger partial charge in [0.2, 0.25) is 0 Å². The molecule has 1 rings (SSSR count). The van der Waals surface area contributed by atoms with Crippen molar-refractivity contribution in [2.24, 2.45) is 5.92 Å². The molecule has 0 aromatic heterocycles. The first kappa shape index (κ1) is 11.4. The average Bonchev–Trinajstić information content (AvgIpc) is 2.19. The largest absolute Gasteiger partial charge is 0.303 e. The molecule has 1 aromatic rings. The van der Waals surface area contributed by atoms with Gasteiger partial charge in [-0.3, -0.25) is 0 Å². The highest BCUT2D eigenvalue weighted by Crippen LogP contribution is 2.20. The number of carbonyl (C=O) groups is 1. The molecule has 0 N–H and O–H groups in total. The van der Waals surface area contributed by atoms with Gasteiger partial charge in [0.1, 0.15) is 12.1 Å². The highest BCUT2D eigenvalue weighted by Gasteiger charge is 2.04. The van der Waals surface area contributed by atoms with Crippen LogP contribution in [0, 0.1) is 11.7 Å². The summed E-state index contributed by atoms with van der Waals surface area (Å²) in [7, 11) is 0. The summed E-state index contributed by atoms with van der Waals surface area (Å²) in [5.74, 6) is -0.202.